The molecule has 4 amide bonds. The zero-order valence-electron chi connectivity index (χ0n) is 25.2. The summed E-state index contributed by atoms with van der Waals surface area (Å²) in [5.74, 6) is -0.553. The van der Waals surface area contributed by atoms with E-state index in [4.69, 9.17) is 8.37 Å². The average molecular weight is 687 g/mol. The highest BCUT2D eigenvalue weighted by atomic mass is 32.2. The molecule has 246 valence electrons. The number of hydrogen-bond acceptors (Lipinski definition) is 8. The Labute approximate surface area is 278 Å². The number of nitrogens with one attached hydrogen (secondary N) is 4. The third-order valence-corrected chi connectivity index (χ3v) is 8.65. The molecule has 0 heterocycles. The minimum atomic E-state index is -3.94. The Morgan fingerprint density at radius 2 is 0.771 bits per heavy atom. The van der Waals surface area contributed by atoms with Crippen molar-refractivity contribution in [1.29, 1.82) is 0 Å². The summed E-state index contributed by atoms with van der Waals surface area (Å²) in [6, 6.07) is 34.2. The third kappa shape index (κ3) is 10.6. The summed E-state index contributed by atoms with van der Waals surface area (Å²) in [5.41, 5.74) is 2.42. The van der Waals surface area contributed by atoms with Crippen LogP contribution < -0.4 is 29.6 Å². The molecule has 5 aromatic rings. The molecule has 0 aliphatic rings. The number of carbonyl (C=O) groups excluding carboxylic acids is 2. The molecule has 4 N–H and O–H groups in total. The zero-order chi connectivity index (χ0) is 34.0. The maximum Gasteiger partial charge on any atom is 0.323 e. The fourth-order valence-corrected chi connectivity index (χ4v) is 6.53. The van der Waals surface area contributed by atoms with Crippen molar-refractivity contribution < 1.29 is 34.8 Å². The summed E-state index contributed by atoms with van der Waals surface area (Å²) in [4.78, 5) is 25.4. The lowest BCUT2D eigenvalue weighted by molar-refractivity contribution is 0.261. The SMILES string of the molecule is O=C(Nc1cccc(NC(=O)Nc2cccc(OS(=O)(=O)Cc3ccccc3)c2)c1)Nc1cccc(OS(=O)(=O)Cc2ccccc2)c1. The van der Waals surface area contributed by atoms with E-state index < -0.39 is 32.3 Å². The van der Waals surface area contributed by atoms with Crippen molar-refractivity contribution in [2.45, 2.75) is 11.5 Å². The normalized spacial score (nSPS) is 11.2. The van der Waals surface area contributed by atoms with Crippen LogP contribution in [0.3, 0.4) is 0 Å². The molecule has 0 atom stereocenters. The smallest absolute Gasteiger partial charge is 0.323 e. The van der Waals surface area contributed by atoms with E-state index in [1.165, 1.54) is 42.5 Å². The Morgan fingerprint density at radius 1 is 0.438 bits per heavy atom. The van der Waals surface area contributed by atoms with Crippen LogP contribution in [0.25, 0.3) is 0 Å². The van der Waals surface area contributed by atoms with E-state index in [1.807, 2.05) is 0 Å². The van der Waals surface area contributed by atoms with Crippen molar-refractivity contribution in [3.63, 3.8) is 0 Å². The largest absolute Gasteiger partial charge is 0.382 e. The van der Waals surface area contributed by atoms with Crippen LogP contribution in [0.2, 0.25) is 0 Å². The summed E-state index contributed by atoms with van der Waals surface area (Å²) in [7, 11) is -7.87. The minimum Gasteiger partial charge on any atom is -0.382 e. The van der Waals surface area contributed by atoms with Gasteiger partial charge in [-0.25, -0.2) is 9.59 Å². The first-order chi connectivity index (χ1) is 23.0. The molecule has 48 heavy (non-hydrogen) atoms. The first-order valence-electron chi connectivity index (χ1n) is 14.4. The predicted molar refractivity (Wildman–Crippen MR) is 184 cm³/mol. The highest BCUT2D eigenvalue weighted by molar-refractivity contribution is 7.86. The van der Waals surface area contributed by atoms with Crippen LogP contribution >= 0.6 is 0 Å². The predicted octanol–water partition coefficient (Wildman–Crippen LogP) is 6.79. The van der Waals surface area contributed by atoms with E-state index in [0.29, 0.717) is 22.5 Å². The summed E-state index contributed by atoms with van der Waals surface area (Å²) in [6.45, 7) is 0. The molecule has 0 aliphatic carbocycles. The lowest BCUT2D eigenvalue weighted by Gasteiger charge is -2.12. The first-order valence-corrected chi connectivity index (χ1v) is 17.5. The molecule has 0 saturated carbocycles. The molecule has 0 fully saturated rings. The lowest BCUT2D eigenvalue weighted by Crippen LogP contribution is -2.21. The fraction of sp³-hybridized carbons (Fsp3) is 0.0588. The highest BCUT2D eigenvalue weighted by Crippen LogP contribution is 2.23. The summed E-state index contributed by atoms with van der Waals surface area (Å²) >= 11 is 0. The molecule has 0 saturated heterocycles. The standard InChI is InChI=1S/C34H30N4O8S2/c39-33(37-29-16-8-18-31(21-29)45-47(41,42)23-25-10-3-1-4-11-25)35-27-14-7-15-28(20-27)36-34(40)38-30-17-9-19-32(22-30)46-48(43,44)24-26-12-5-2-6-13-26/h1-22H,23-24H2,(H2,35,37,39)(H2,36,38,40). The van der Waals surface area contributed by atoms with Crippen LogP contribution in [-0.2, 0) is 31.7 Å². The Morgan fingerprint density at radius 3 is 1.15 bits per heavy atom. The second kappa shape index (κ2) is 15.2. The van der Waals surface area contributed by atoms with Crippen LogP contribution in [0.1, 0.15) is 11.1 Å². The maximum absolute atomic E-state index is 12.7. The molecule has 0 bridgehead atoms. The number of rotatable bonds is 12. The van der Waals surface area contributed by atoms with Gasteiger partial charge in [0.2, 0.25) is 0 Å². The van der Waals surface area contributed by atoms with Crippen molar-refractivity contribution in [1.82, 2.24) is 0 Å². The van der Waals surface area contributed by atoms with Crippen molar-refractivity contribution in [2.75, 3.05) is 21.3 Å². The number of hydrogen-bond donors (Lipinski definition) is 4. The Hall–Kier alpha value is -5.86. The number of amides is 4. The topological polar surface area (TPSA) is 169 Å². The number of urea groups is 2. The average Bonchev–Trinajstić information content (AvgIpc) is 3.01. The molecule has 0 unspecified atom stereocenters. The summed E-state index contributed by atoms with van der Waals surface area (Å²) in [6.07, 6.45) is 0. The molecule has 5 aromatic carbocycles. The van der Waals surface area contributed by atoms with Gasteiger partial charge in [0.05, 0.1) is 0 Å². The van der Waals surface area contributed by atoms with Gasteiger partial charge in [-0.05, 0) is 53.6 Å². The van der Waals surface area contributed by atoms with Crippen molar-refractivity contribution in [3.8, 4) is 11.5 Å². The third-order valence-electron chi connectivity index (χ3n) is 6.38. The molecule has 14 heteroatoms. The summed E-state index contributed by atoms with van der Waals surface area (Å²) < 4.78 is 60.4. The van der Waals surface area contributed by atoms with E-state index in [1.54, 1.807) is 91.0 Å². The Kier molecular flexibility index (Phi) is 10.6. The van der Waals surface area contributed by atoms with Gasteiger partial charge in [0.15, 0.2) is 0 Å². The quantitative estimate of drug-likeness (QED) is 0.104. The van der Waals surface area contributed by atoms with Gasteiger partial charge in [0.25, 0.3) is 0 Å². The summed E-state index contributed by atoms with van der Waals surface area (Å²) in [5, 5.41) is 10.5. The van der Waals surface area contributed by atoms with E-state index in [-0.39, 0.29) is 34.4 Å². The van der Waals surface area contributed by atoms with Crippen LogP contribution in [0.15, 0.2) is 133 Å². The first kappa shape index (κ1) is 33.5. The zero-order valence-corrected chi connectivity index (χ0v) is 26.8. The second-order valence-electron chi connectivity index (χ2n) is 10.3. The lowest BCUT2D eigenvalue weighted by atomic mass is 10.2. The molecule has 0 spiro atoms. The van der Waals surface area contributed by atoms with Crippen molar-refractivity contribution >= 4 is 55.0 Å². The Bertz CT molecular complexity index is 1960. The molecule has 0 radical (unpaired) electrons. The van der Waals surface area contributed by atoms with Gasteiger partial charge in [0, 0.05) is 34.9 Å². The van der Waals surface area contributed by atoms with E-state index in [0.717, 1.165) is 0 Å². The fourth-order valence-electron chi connectivity index (χ4n) is 4.42. The van der Waals surface area contributed by atoms with Crippen LogP contribution in [0.5, 0.6) is 11.5 Å². The van der Waals surface area contributed by atoms with Crippen LogP contribution in [0.4, 0.5) is 32.3 Å². The number of anilines is 4. The molecule has 12 nitrogen and oxygen atoms in total. The molecule has 0 aliphatic heterocycles. The van der Waals surface area contributed by atoms with Gasteiger partial charge in [-0.1, -0.05) is 78.9 Å². The van der Waals surface area contributed by atoms with Gasteiger partial charge in [-0.2, -0.15) is 16.8 Å². The van der Waals surface area contributed by atoms with E-state index >= 15 is 0 Å². The molecular weight excluding hydrogens is 657 g/mol. The second-order valence-corrected chi connectivity index (χ2v) is 13.5. The van der Waals surface area contributed by atoms with Crippen molar-refractivity contribution in [2.24, 2.45) is 0 Å². The van der Waals surface area contributed by atoms with Gasteiger partial charge in [0.1, 0.15) is 23.0 Å². The number of benzene rings is 5. The van der Waals surface area contributed by atoms with Gasteiger partial charge in [-0.3, -0.25) is 0 Å². The number of carbonyl (C=O) groups is 2. The van der Waals surface area contributed by atoms with Crippen molar-refractivity contribution in [3.05, 3.63) is 145 Å². The van der Waals surface area contributed by atoms with E-state index in [2.05, 4.69) is 21.3 Å². The molecule has 0 aromatic heterocycles. The maximum atomic E-state index is 12.7. The van der Waals surface area contributed by atoms with Gasteiger partial charge in [-0.15, -0.1) is 0 Å². The Balaban J connectivity index is 1.13. The molecule has 5 rings (SSSR count). The minimum absolute atomic E-state index is 0.0341. The van der Waals surface area contributed by atoms with Crippen LogP contribution in [0, 0.1) is 0 Å². The van der Waals surface area contributed by atoms with Crippen LogP contribution in [-0.4, -0.2) is 28.9 Å². The van der Waals surface area contributed by atoms with E-state index in [9.17, 15) is 26.4 Å². The monoisotopic (exact) mass is 686 g/mol. The molecular formula is C34H30N4O8S2. The van der Waals surface area contributed by atoms with Gasteiger partial charge < -0.3 is 29.6 Å². The highest BCUT2D eigenvalue weighted by Gasteiger charge is 2.16. The van der Waals surface area contributed by atoms with Gasteiger partial charge >= 0.3 is 32.3 Å².